The van der Waals surface area contributed by atoms with E-state index >= 15 is 0 Å². The van der Waals surface area contributed by atoms with Gasteiger partial charge >= 0.3 is 0 Å². The molecule has 1 saturated heterocycles. The van der Waals surface area contributed by atoms with Crippen molar-refractivity contribution in [3.63, 3.8) is 0 Å². The predicted octanol–water partition coefficient (Wildman–Crippen LogP) is 0.915. The highest BCUT2D eigenvalue weighted by Crippen LogP contribution is 2.12. The lowest BCUT2D eigenvalue weighted by Gasteiger charge is -2.37. The Kier molecular flexibility index (Phi) is 6.67. The van der Waals surface area contributed by atoms with Gasteiger partial charge in [-0.15, -0.1) is 0 Å². The third kappa shape index (κ3) is 5.12. The molecular weight excluding hydrogens is 356 g/mol. The summed E-state index contributed by atoms with van der Waals surface area (Å²) in [6.45, 7) is 4.54. The highest BCUT2D eigenvalue weighted by atomic mass is 16.3. The number of aliphatic imine (C=N–C) groups is 1. The molecular formula is C20H26N6O2. The average molecular weight is 382 g/mol. The molecule has 3 rings (SSSR count). The fourth-order valence-corrected chi connectivity index (χ4v) is 3.09. The molecule has 1 aliphatic heterocycles. The molecule has 8 heteroatoms. The van der Waals surface area contributed by atoms with Gasteiger partial charge in [-0.3, -0.25) is 9.79 Å². The molecule has 1 aromatic heterocycles. The quantitative estimate of drug-likeness (QED) is 0.404. The SMILES string of the molecule is CN=C(NCCNC(=O)c1ccc(O)cc1)N1CCN(c2ccccn2)CC1. The fraction of sp³-hybridized carbons (Fsp3) is 0.350. The molecule has 148 valence electrons. The number of phenolic OH excluding ortho intramolecular Hbond substituents is 1. The Bertz CT molecular complexity index is 786. The van der Waals surface area contributed by atoms with Gasteiger partial charge in [0.1, 0.15) is 11.6 Å². The van der Waals surface area contributed by atoms with Gasteiger partial charge in [-0.25, -0.2) is 4.98 Å². The molecule has 0 bridgehead atoms. The molecule has 0 atom stereocenters. The van der Waals surface area contributed by atoms with Crippen molar-refractivity contribution in [1.82, 2.24) is 20.5 Å². The summed E-state index contributed by atoms with van der Waals surface area (Å²) in [6, 6.07) is 12.1. The summed E-state index contributed by atoms with van der Waals surface area (Å²) in [5, 5.41) is 15.4. The van der Waals surface area contributed by atoms with E-state index in [1.54, 1.807) is 19.2 Å². The molecule has 0 unspecified atom stereocenters. The summed E-state index contributed by atoms with van der Waals surface area (Å²) in [7, 11) is 1.77. The number of carbonyl (C=O) groups is 1. The summed E-state index contributed by atoms with van der Waals surface area (Å²) in [6.07, 6.45) is 1.81. The second kappa shape index (κ2) is 9.59. The molecule has 0 aliphatic carbocycles. The van der Waals surface area contributed by atoms with E-state index in [1.165, 1.54) is 12.1 Å². The van der Waals surface area contributed by atoms with Crippen molar-refractivity contribution in [2.45, 2.75) is 0 Å². The van der Waals surface area contributed by atoms with Crippen LogP contribution >= 0.6 is 0 Å². The van der Waals surface area contributed by atoms with Gasteiger partial charge in [-0.05, 0) is 36.4 Å². The summed E-state index contributed by atoms with van der Waals surface area (Å²) in [5.74, 6) is 1.81. The van der Waals surface area contributed by atoms with Gasteiger partial charge in [0.25, 0.3) is 5.91 Å². The predicted molar refractivity (Wildman–Crippen MR) is 110 cm³/mol. The Morgan fingerprint density at radius 3 is 2.43 bits per heavy atom. The van der Waals surface area contributed by atoms with E-state index in [4.69, 9.17) is 0 Å². The molecule has 1 amide bonds. The molecule has 2 aromatic rings. The van der Waals surface area contributed by atoms with E-state index in [2.05, 4.69) is 30.4 Å². The van der Waals surface area contributed by atoms with Crippen LogP contribution in [-0.2, 0) is 0 Å². The second-order valence-corrected chi connectivity index (χ2v) is 6.44. The van der Waals surface area contributed by atoms with Gasteiger partial charge in [-0.1, -0.05) is 6.07 Å². The van der Waals surface area contributed by atoms with Gasteiger partial charge in [0, 0.05) is 58.1 Å². The van der Waals surface area contributed by atoms with Gasteiger partial charge < -0.3 is 25.5 Å². The molecule has 3 N–H and O–H groups in total. The number of hydrogen-bond acceptors (Lipinski definition) is 5. The minimum atomic E-state index is -0.166. The molecule has 0 radical (unpaired) electrons. The number of anilines is 1. The standard InChI is InChI=1S/C20H26N6O2/c1-21-20(24-11-10-23-19(28)16-5-7-17(27)8-6-16)26-14-12-25(13-15-26)18-4-2-3-9-22-18/h2-9,27H,10-15H2,1H3,(H,21,24)(H,23,28). The number of carbonyl (C=O) groups excluding carboxylic acids is 1. The summed E-state index contributed by atoms with van der Waals surface area (Å²) < 4.78 is 0. The normalized spacial score (nSPS) is 14.7. The first-order valence-corrected chi connectivity index (χ1v) is 9.36. The van der Waals surface area contributed by atoms with Crippen molar-refractivity contribution in [2.75, 3.05) is 51.2 Å². The van der Waals surface area contributed by atoms with E-state index in [0.29, 0.717) is 18.7 Å². The minimum Gasteiger partial charge on any atom is -0.508 e. The number of guanidine groups is 1. The Labute approximate surface area is 164 Å². The molecule has 0 saturated carbocycles. The first-order chi connectivity index (χ1) is 13.7. The van der Waals surface area contributed by atoms with Gasteiger partial charge in [0.2, 0.25) is 0 Å². The zero-order valence-corrected chi connectivity index (χ0v) is 16.0. The third-order valence-electron chi connectivity index (χ3n) is 4.59. The Balaban J connectivity index is 1.40. The summed E-state index contributed by atoms with van der Waals surface area (Å²) in [5.41, 5.74) is 0.521. The number of amides is 1. The minimum absolute atomic E-state index is 0.144. The van der Waals surface area contributed by atoms with Crippen molar-refractivity contribution in [3.8, 4) is 5.75 Å². The van der Waals surface area contributed by atoms with Crippen LogP contribution in [0.4, 0.5) is 5.82 Å². The number of rotatable bonds is 5. The van der Waals surface area contributed by atoms with E-state index in [1.807, 2.05) is 24.4 Å². The molecule has 1 aliphatic rings. The van der Waals surface area contributed by atoms with Gasteiger partial charge in [0.15, 0.2) is 5.96 Å². The van der Waals surface area contributed by atoms with E-state index in [9.17, 15) is 9.90 Å². The largest absolute Gasteiger partial charge is 0.508 e. The van der Waals surface area contributed by atoms with Crippen LogP contribution in [0.25, 0.3) is 0 Å². The molecule has 1 fully saturated rings. The first-order valence-electron chi connectivity index (χ1n) is 9.36. The smallest absolute Gasteiger partial charge is 0.251 e. The number of phenols is 1. The lowest BCUT2D eigenvalue weighted by Crippen LogP contribution is -2.53. The van der Waals surface area contributed by atoms with Crippen LogP contribution in [0.2, 0.25) is 0 Å². The molecule has 8 nitrogen and oxygen atoms in total. The first kappa shape index (κ1) is 19.5. The Morgan fingerprint density at radius 1 is 1.07 bits per heavy atom. The number of nitrogens with zero attached hydrogens (tertiary/aromatic N) is 4. The van der Waals surface area contributed by atoms with Crippen LogP contribution in [0.5, 0.6) is 5.75 Å². The second-order valence-electron chi connectivity index (χ2n) is 6.44. The number of aromatic nitrogens is 1. The summed E-state index contributed by atoms with van der Waals surface area (Å²) >= 11 is 0. The average Bonchev–Trinajstić information content (AvgIpc) is 2.75. The highest BCUT2D eigenvalue weighted by molar-refractivity contribution is 5.94. The maximum atomic E-state index is 12.1. The lowest BCUT2D eigenvalue weighted by molar-refractivity contribution is 0.0954. The van der Waals surface area contributed by atoms with Crippen molar-refractivity contribution >= 4 is 17.7 Å². The lowest BCUT2D eigenvalue weighted by atomic mass is 10.2. The third-order valence-corrected chi connectivity index (χ3v) is 4.59. The molecule has 2 heterocycles. The maximum absolute atomic E-state index is 12.1. The number of piperazine rings is 1. The van der Waals surface area contributed by atoms with Crippen molar-refractivity contribution in [3.05, 3.63) is 54.2 Å². The number of pyridine rings is 1. The van der Waals surface area contributed by atoms with Crippen molar-refractivity contribution < 1.29 is 9.90 Å². The van der Waals surface area contributed by atoms with Crippen LogP contribution in [0, 0.1) is 0 Å². The zero-order chi connectivity index (χ0) is 19.8. The van der Waals surface area contributed by atoms with Crippen LogP contribution < -0.4 is 15.5 Å². The van der Waals surface area contributed by atoms with E-state index < -0.39 is 0 Å². The van der Waals surface area contributed by atoms with Crippen molar-refractivity contribution in [1.29, 1.82) is 0 Å². The van der Waals surface area contributed by atoms with Crippen LogP contribution in [0.3, 0.4) is 0 Å². The van der Waals surface area contributed by atoms with Crippen molar-refractivity contribution in [2.24, 2.45) is 4.99 Å². The molecule has 28 heavy (non-hydrogen) atoms. The van der Waals surface area contributed by atoms with Crippen LogP contribution in [0.15, 0.2) is 53.7 Å². The highest BCUT2D eigenvalue weighted by Gasteiger charge is 2.20. The number of benzene rings is 1. The maximum Gasteiger partial charge on any atom is 0.251 e. The monoisotopic (exact) mass is 382 g/mol. The van der Waals surface area contributed by atoms with E-state index in [0.717, 1.165) is 38.0 Å². The van der Waals surface area contributed by atoms with Crippen LogP contribution in [0.1, 0.15) is 10.4 Å². The fourth-order valence-electron chi connectivity index (χ4n) is 3.09. The number of aromatic hydroxyl groups is 1. The zero-order valence-electron chi connectivity index (χ0n) is 16.0. The van der Waals surface area contributed by atoms with E-state index in [-0.39, 0.29) is 11.7 Å². The number of nitrogens with one attached hydrogen (secondary N) is 2. The van der Waals surface area contributed by atoms with Crippen LogP contribution in [-0.4, -0.2) is 73.2 Å². The number of hydrogen-bond donors (Lipinski definition) is 3. The Hall–Kier alpha value is -3.29. The Morgan fingerprint density at radius 2 is 1.79 bits per heavy atom. The topological polar surface area (TPSA) is 93.1 Å². The molecule has 0 spiro atoms. The van der Waals surface area contributed by atoms with Gasteiger partial charge in [-0.2, -0.15) is 0 Å². The van der Waals surface area contributed by atoms with Gasteiger partial charge in [0.05, 0.1) is 0 Å². The molecule has 1 aromatic carbocycles. The summed E-state index contributed by atoms with van der Waals surface area (Å²) in [4.78, 5) is 25.3.